The van der Waals surface area contributed by atoms with Crippen molar-refractivity contribution in [1.29, 1.82) is 0 Å². The van der Waals surface area contributed by atoms with Crippen LogP contribution in [0.3, 0.4) is 0 Å². The summed E-state index contributed by atoms with van der Waals surface area (Å²) in [6.07, 6.45) is 0.674. The van der Waals surface area contributed by atoms with Crippen LogP contribution in [0.1, 0.15) is 30.6 Å². The highest BCUT2D eigenvalue weighted by Gasteiger charge is 2.23. The number of rotatable bonds is 5. The molecule has 1 atom stereocenters. The molecule has 5 nitrogen and oxygen atoms in total. The second kappa shape index (κ2) is 6.21. The smallest absolute Gasteiger partial charge is 0.305 e. The van der Waals surface area contributed by atoms with Gasteiger partial charge >= 0.3 is 5.97 Å². The lowest BCUT2D eigenvalue weighted by molar-refractivity contribution is -0.137. The van der Waals surface area contributed by atoms with Crippen molar-refractivity contribution in [2.24, 2.45) is 5.92 Å². The second-order valence-electron chi connectivity index (χ2n) is 4.39. The van der Waals surface area contributed by atoms with Gasteiger partial charge in [-0.1, -0.05) is 13.8 Å². The molecule has 0 aliphatic heterocycles. The number of aromatic nitrogens is 1. The minimum Gasteiger partial charge on any atom is -0.481 e. The summed E-state index contributed by atoms with van der Waals surface area (Å²) in [4.78, 5) is 25.5. The first-order valence-corrected chi connectivity index (χ1v) is 5.65. The fourth-order valence-corrected chi connectivity index (χ4v) is 1.48. The van der Waals surface area contributed by atoms with Gasteiger partial charge in [0.2, 0.25) is 5.95 Å². The standard InChI is InChI=1S/C12H14F2N2O3/c1-6(2)8(5-9(17)18)16-12(19)7-3-4-15-11(14)10(7)13/h3-4,6,8H,5H2,1-2H3,(H,16,19)(H,17,18). The van der Waals surface area contributed by atoms with Gasteiger partial charge in [0.15, 0.2) is 5.82 Å². The molecule has 1 aromatic rings. The van der Waals surface area contributed by atoms with Gasteiger partial charge in [0.25, 0.3) is 5.91 Å². The van der Waals surface area contributed by atoms with E-state index in [9.17, 15) is 18.4 Å². The SMILES string of the molecule is CC(C)C(CC(=O)O)NC(=O)c1ccnc(F)c1F. The molecule has 2 N–H and O–H groups in total. The van der Waals surface area contributed by atoms with E-state index in [4.69, 9.17) is 5.11 Å². The number of nitrogens with one attached hydrogen (secondary N) is 1. The van der Waals surface area contributed by atoms with Gasteiger partial charge in [-0.2, -0.15) is 4.39 Å². The number of carboxylic acid groups (broad SMARTS) is 1. The number of carbonyl (C=O) groups excluding carboxylic acids is 1. The van der Waals surface area contributed by atoms with Crippen molar-refractivity contribution in [2.75, 3.05) is 0 Å². The quantitative estimate of drug-likeness (QED) is 0.798. The topological polar surface area (TPSA) is 79.3 Å². The van der Waals surface area contributed by atoms with Crippen LogP contribution in [-0.4, -0.2) is 28.0 Å². The summed E-state index contributed by atoms with van der Waals surface area (Å²) in [5.41, 5.74) is -0.497. The summed E-state index contributed by atoms with van der Waals surface area (Å²) in [5.74, 6) is -4.82. The molecule has 1 heterocycles. The average Bonchev–Trinajstić information content (AvgIpc) is 2.31. The third kappa shape index (κ3) is 3.97. The minimum atomic E-state index is -1.37. The lowest BCUT2D eigenvalue weighted by Gasteiger charge is -2.20. The Morgan fingerprint density at radius 1 is 1.42 bits per heavy atom. The molecule has 1 aromatic heterocycles. The molecular formula is C12H14F2N2O3. The highest BCUT2D eigenvalue weighted by Crippen LogP contribution is 2.12. The molecule has 0 spiro atoms. The Morgan fingerprint density at radius 2 is 2.05 bits per heavy atom. The van der Waals surface area contributed by atoms with Gasteiger partial charge in [-0.3, -0.25) is 9.59 Å². The summed E-state index contributed by atoms with van der Waals surface area (Å²) in [7, 11) is 0. The number of carbonyl (C=O) groups is 2. The Kier molecular flexibility index (Phi) is 4.91. The molecule has 7 heteroatoms. The molecule has 1 amide bonds. The Morgan fingerprint density at radius 3 is 2.58 bits per heavy atom. The summed E-state index contributed by atoms with van der Waals surface area (Å²) in [6, 6.07) is 0.368. The van der Waals surface area contributed by atoms with Crippen molar-refractivity contribution in [3.8, 4) is 0 Å². The van der Waals surface area contributed by atoms with Crippen LogP contribution in [-0.2, 0) is 4.79 Å². The third-order valence-electron chi connectivity index (χ3n) is 2.61. The predicted octanol–water partition coefficient (Wildman–Crippen LogP) is 1.59. The average molecular weight is 272 g/mol. The zero-order valence-corrected chi connectivity index (χ0v) is 10.5. The van der Waals surface area contributed by atoms with Crippen molar-refractivity contribution in [3.05, 3.63) is 29.6 Å². The Labute approximate surface area is 108 Å². The van der Waals surface area contributed by atoms with Gasteiger partial charge in [-0.25, -0.2) is 9.37 Å². The first kappa shape index (κ1) is 15.0. The lowest BCUT2D eigenvalue weighted by atomic mass is 10.0. The molecule has 0 aliphatic rings. The van der Waals surface area contributed by atoms with Crippen LogP contribution in [0.2, 0.25) is 0 Å². The van der Waals surface area contributed by atoms with Crippen LogP contribution in [0.4, 0.5) is 8.78 Å². The van der Waals surface area contributed by atoms with Gasteiger partial charge in [-0.05, 0) is 12.0 Å². The normalized spacial score (nSPS) is 12.3. The number of pyridine rings is 1. The summed E-state index contributed by atoms with van der Waals surface area (Å²) >= 11 is 0. The van der Waals surface area contributed by atoms with Crippen LogP contribution in [0.5, 0.6) is 0 Å². The van der Waals surface area contributed by atoms with Crippen molar-refractivity contribution >= 4 is 11.9 Å². The van der Waals surface area contributed by atoms with Crippen molar-refractivity contribution in [1.82, 2.24) is 10.3 Å². The van der Waals surface area contributed by atoms with Gasteiger partial charge in [0, 0.05) is 12.2 Å². The molecule has 0 fully saturated rings. The van der Waals surface area contributed by atoms with E-state index in [-0.39, 0.29) is 12.3 Å². The first-order chi connectivity index (χ1) is 8.82. The van der Waals surface area contributed by atoms with Gasteiger partial charge in [0.05, 0.1) is 12.0 Å². The van der Waals surface area contributed by atoms with Crippen LogP contribution in [0.25, 0.3) is 0 Å². The lowest BCUT2D eigenvalue weighted by Crippen LogP contribution is -2.40. The van der Waals surface area contributed by atoms with E-state index in [0.717, 1.165) is 12.3 Å². The van der Waals surface area contributed by atoms with E-state index < -0.39 is 35.2 Å². The Balaban J connectivity index is 2.88. The molecule has 1 rings (SSSR count). The highest BCUT2D eigenvalue weighted by molar-refractivity contribution is 5.94. The maximum absolute atomic E-state index is 13.4. The minimum absolute atomic E-state index is 0.158. The van der Waals surface area contributed by atoms with E-state index in [2.05, 4.69) is 10.3 Å². The Hall–Kier alpha value is -2.05. The summed E-state index contributed by atoms with van der Waals surface area (Å²) in [5, 5.41) is 11.1. The molecule has 0 saturated heterocycles. The van der Waals surface area contributed by atoms with E-state index in [1.165, 1.54) is 0 Å². The number of halogens is 2. The molecular weight excluding hydrogens is 258 g/mol. The molecule has 0 bridgehead atoms. The van der Waals surface area contributed by atoms with Crippen LogP contribution in [0, 0.1) is 17.7 Å². The molecule has 19 heavy (non-hydrogen) atoms. The number of aliphatic carboxylic acids is 1. The fraction of sp³-hybridized carbons (Fsp3) is 0.417. The zero-order chi connectivity index (χ0) is 14.6. The molecule has 1 unspecified atom stereocenters. The number of amides is 1. The number of hydrogen-bond donors (Lipinski definition) is 2. The largest absolute Gasteiger partial charge is 0.481 e. The third-order valence-corrected chi connectivity index (χ3v) is 2.61. The highest BCUT2D eigenvalue weighted by atomic mass is 19.2. The zero-order valence-electron chi connectivity index (χ0n) is 10.5. The fourth-order valence-electron chi connectivity index (χ4n) is 1.48. The first-order valence-electron chi connectivity index (χ1n) is 5.65. The van der Waals surface area contributed by atoms with Crippen molar-refractivity contribution in [2.45, 2.75) is 26.3 Å². The number of hydrogen-bond acceptors (Lipinski definition) is 3. The van der Waals surface area contributed by atoms with Crippen molar-refractivity contribution < 1.29 is 23.5 Å². The summed E-state index contributed by atoms with van der Waals surface area (Å²) < 4.78 is 26.2. The van der Waals surface area contributed by atoms with E-state index in [1.807, 2.05) is 0 Å². The van der Waals surface area contributed by atoms with E-state index in [1.54, 1.807) is 13.8 Å². The maximum atomic E-state index is 13.4. The van der Waals surface area contributed by atoms with Crippen LogP contribution >= 0.6 is 0 Å². The number of nitrogens with zero attached hydrogens (tertiary/aromatic N) is 1. The maximum Gasteiger partial charge on any atom is 0.305 e. The van der Waals surface area contributed by atoms with Gasteiger partial charge < -0.3 is 10.4 Å². The van der Waals surface area contributed by atoms with Crippen LogP contribution < -0.4 is 5.32 Å². The van der Waals surface area contributed by atoms with Gasteiger partial charge in [0.1, 0.15) is 0 Å². The molecule has 0 saturated carbocycles. The predicted molar refractivity (Wildman–Crippen MR) is 62.5 cm³/mol. The molecule has 0 radical (unpaired) electrons. The van der Waals surface area contributed by atoms with Crippen molar-refractivity contribution in [3.63, 3.8) is 0 Å². The molecule has 104 valence electrons. The molecule has 0 aromatic carbocycles. The number of carboxylic acids is 1. The molecule has 0 aliphatic carbocycles. The Bertz CT molecular complexity index is 492. The van der Waals surface area contributed by atoms with E-state index in [0.29, 0.717) is 0 Å². The van der Waals surface area contributed by atoms with Crippen LogP contribution in [0.15, 0.2) is 12.3 Å². The van der Waals surface area contributed by atoms with E-state index >= 15 is 0 Å². The van der Waals surface area contributed by atoms with Gasteiger partial charge in [-0.15, -0.1) is 0 Å². The monoisotopic (exact) mass is 272 g/mol. The summed E-state index contributed by atoms with van der Waals surface area (Å²) in [6.45, 7) is 3.44. The second-order valence-corrected chi connectivity index (χ2v) is 4.39.